The quantitative estimate of drug-likeness (QED) is 0.144. The van der Waals surface area contributed by atoms with Crippen LogP contribution in [0.5, 0.6) is 0 Å². The number of anilines is 6. The van der Waals surface area contributed by atoms with Gasteiger partial charge in [0.15, 0.2) is 0 Å². The second-order valence-electron chi connectivity index (χ2n) is 18.5. The maximum atomic E-state index is 7.05. The van der Waals surface area contributed by atoms with E-state index >= 15 is 0 Å². The zero-order valence-corrected chi connectivity index (χ0v) is 39.1. The van der Waals surface area contributed by atoms with Gasteiger partial charge in [0.25, 0.3) is 0 Å². The van der Waals surface area contributed by atoms with Crippen LogP contribution in [0.15, 0.2) is 276 Å². The lowest BCUT2D eigenvalue weighted by molar-refractivity contribution is 0.658. The highest BCUT2D eigenvalue weighted by Crippen LogP contribution is 2.47. The first-order chi connectivity index (χ1) is 35.7. The van der Waals surface area contributed by atoms with Crippen molar-refractivity contribution in [3.05, 3.63) is 267 Å². The third-order valence-electron chi connectivity index (χ3n) is 14.1. The van der Waals surface area contributed by atoms with E-state index in [1.54, 1.807) is 0 Å². The summed E-state index contributed by atoms with van der Waals surface area (Å²) in [6, 6.07) is 95.1. The molecule has 338 valence electrons. The van der Waals surface area contributed by atoms with E-state index in [1.165, 1.54) is 22.3 Å². The van der Waals surface area contributed by atoms with Crippen molar-refractivity contribution >= 4 is 99.5 Å². The predicted molar refractivity (Wildman–Crippen MR) is 302 cm³/mol. The van der Waals surface area contributed by atoms with E-state index in [0.717, 1.165) is 111 Å². The smallest absolute Gasteiger partial charge is 0.147 e. The minimum atomic E-state index is 0.810. The average Bonchev–Trinajstić information content (AvgIpc) is 3.99. The molecule has 14 aromatic rings. The van der Waals surface area contributed by atoms with Crippen molar-refractivity contribution in [1.82, 2.24) is 0 Å². The Balaban J connectivity index is 0.907. The Kier molecular flexibility index (Phi) is 9.82. The first kappa shape index (κ1) is 41.3. The summed E-state index contributed by atoms with van der Waals surface area (Å²) in [5.41, 5.74) is 16.4. The lowest BCUT2D eigenvalue weighted by Crippen LogP contribution is -2.09. The van der Waals surface area contributed by atoms with Crippen LogP contribution in [0, 0.1) is 0 Å². The van der Waals surface area contributed by atoms with E-state index < -0.39 is 0 Å². The summed E-state index contributed by atoms with van der Waals surface area (Å²) in [5.74, 6) is 0. The van der Waals surface area contributed by atoms with Gasteiger partial charge in [-0.2, -0.15) is 0 Å². The minimum absolute atomic E-state index is 0.810. The highest BCUT2D eigenvalue weighted by Gasteiger charge is 2.23. The van der Waals surface area contributed by atoms with E-state index in [4.69, 9.17) is 8.83 Å². The molecule has 0 amide bonds. The van der Waals surface area contributed by atoms with E-state index in [-0.39, 0.29) is 0 Å². The van der Waals surface area contributed by atoms with Crippen LogP contribution in [0.3, 0.4) is 0 Å². The summed E-state index contributed by atoms with van der Waals surface area (Å²) in [6.07, 6.45) is 0. The molecule has 0 saturated heterocycles. The van der Waals surface area contributed by atoms with Crippen LogP contribution in [0.1, 0.15) is 0 Å². The summed E-state index contributed by atoms with van der Waals surface area (Å²) in [7, 11) is 0. The number of rotatable bonds is 9. The molecule has 0 aliphatic carbocycles. The highest BCUT2D eigenvalue weighted by atomic mass is 16.3. The first-order valence-corrected chi connectivity index (χ1v) is 24.5. The normalized spacial score (nSPS) is 11.6. The van der Waals surface area contributed by atoms with Crippen molar-refractivity contribution in [2.24, 2.45) is 0 Å². The molecule has 0 atom stereocenters. The number of para-hydroxylation sites is 2. The molecule has 2 heterocycles. The molecule has 0 radical (unpaired) electrons. The second-order valence-corrected chi connectivity index (χ2v) is 18.5. The number of furan rings is 2. The molecule has 14 rings (SSSR count). The van der Waals surface area contributed by atoms with Crippen LogP contribution in [-0.4, -0.2) is 0 Å². The van der Waals surface area contributed by atoms with Gasteiger partial charge in [0.05, 0.1) is 5.56 Å². The van der Waals surface area contributed by atoms with Crippen molar-refractivity contribution in [3.63, 3.8) is 0 Å². The fourth-order valence-electron chi connectivity index (χ4n) is 10.7. The molecule has 2 aromatic heterocycles. The number of benzene rings is 12. The predicted octanol–water partition coefficient (Wildman–Crippen LogP) is 19.7. The van der Waals surface area contributed by atoms with Crippen molar-refractivity contribution in [2.75, 3.05) is 9.80 Å². The second kappa shape index (κ2) is 17.1. The van der Waals surface area contributed by atoms with E-state index in [0.29, 0.717) is 0 Å². The Hall–Kier alpha value is -9.64. The topological polar surface area (TPSA) is 32.8 Å². The molecule has 0 N–H and O–H groups in total. The summed E-state index contributed by atoms with van der Waals surface area (Å²) < 4.78 is 14.1. The molecule has 0 saturated carbocycles. The largest absolute Gasteiger partial charge is 0.455 e. The maximum absolute atomic E-state index is 7.05. The van der Waals surface area contributed by atoms with E-state index in [1.807, 2.05) is 0 Å². The van der Waals surface area contributed by atoms with Crippen LogP contribution >= 0.6 is 0 Å². The molecule has 4 heteroatoms. The van der Waals surface area contributed by atoms with E-state index in [9.17, 15) is 0 Å². The minimum Gasteiger partial charge on any atom is -0.455 e. The molecule has 0 aliphatic rings. The van der Waals surface area contributed by atoms with Gasteiger partial charge in [-0.05, 0) is 152 Å². The van der Waals surface area contributed by atoms with Crippen LogP contribution in [0.2, 0.25) is 0 Å². The molecule has 0 unspecified atom stereocenters. The molecular weight excluding hydrogens is 877 g/mol. The number of hydrogen-bond donors (Lipinski definition) is 0. The molecule has 12 aromatic carbocycles. The monoisotopic (exact) mass is 920 g/mol. The highest BCUT2D eigenvalue weighted by molar-refractivity contribution is 6.24. The summed E-state index contributed by atoms with van der Waals surface area (Å²) in [5, 5.41) is 8.70. The lowest BCUT2D eigenvalue weighted by Gasteiger charge is -2.26. The van der Waals surface area contributed by atoms with Gasteiger partial charge in [-0.1, -0.05) is 164 Å². The van der Waals surface area contributed by atoms with Gasteiger partial charge in [0.2, 0.25) is 0 Å². The molecule has 4 nitrogen and oxygen atoms in total. The van der Waals surface area contributed by atoms with Crippen LogP contribution in [0.25, 0.3) is 98.8 Å². The zero-order chi connectivity index (χ0) is 47.5. The Labute approximate surface area is 416 Å². The van der Waals surface area contributed by atoms with Crippen LogP contribution in [0.4, 0.5) is 34.1 Å². The molecular formula is C68H44N2O2. The van der Waals surface area contributed by atoms with Crippen LogP contribution in [-0.2, 0) is 0 Å². The Morgan fingerprint density at radius 2 is 0.583 bits per heavy atom. The van der Waals surface area contributed by atoms with Crippen molar-refractivity contribution < 1.29 is 8.83 Å². The maximum Gasteiger partial charge on any atom is 0.147 e. The van der Waals surface area contributed by atoms with Crippen molar-refractivity contribution in [3.8, 4) is 33.4 Å². The molecule has 72 heavy (non-hydrogen) atoms. The Morgan fingerprint density at radius 1 is 0.222 bits per heavy atom. The van der Waals surface area contributed by atoms with Gasteiger partial charge in [0, 0.05) is 55.7 Å². The summed E-state index contributed by atoms with van der Waals surface area (Å²) >= 11 is 0. The molecule has 0 spiro atoms. The fourth-order valence-corrected chi connectivity index (χ4v) is 10.7. The van der Waals surface area contributed by atoms with Gasteiger partial charge in [-0.25, -0.2) is 0 Å². The summed E-state index contributed by atoms with van der Waals surface area (Å²) in [4.78, 5) is 4.66. The van der Waals surface area contributed by atoms with Crippen molar-refractivity contribution in [2.45, 2.75) is 0 Å². The SMILES string of the molecule is c1ccc(-c2cccc(N(c3ccccc3)c3ccc4cc5c(cc4c3)oc3c(-c4ccccc4)c4oc6cc7cc(N(c8ccccc8)c8cccc(-c9ccccc9)c8)ccc7cc6c4cc35)c2)cc1. The van der Waals surface area contributed by atoms with Gasteiger partial charge < -0.3 is 18.6 Å². The van der Waals surface area contributed by atoms with Gasteiger partial charge in [-0.3, -0.25) is 0 Å². The molecule has 0 fully saturated rings. The van der Waals surface area contributed by atoms with E-state index in [2.05, 4.69) is 277 Å². The third-order valence-corrected chi connectivity index (χ3v) is 14.1. The first-order valence-electron chi connectivity index (χ1n) is 24.5. The fraction of sp³-hybridized carbons (Fsp3) is 0. The Bertz CT molecular complexity index is 4060. The third kappa shape index (κ3) is 7.16. The number of hydrogen-bond acceptors (Lipinski definition) is 4. The number of nitrogens with zero attached hydrogens (tertiary/aromatic N) is 2. The lowest BCUT2D eigenvalue weighted by atomic mass is 9.97. The van der Waals surface area contributed by atoms with Crippen molar-refractivity contribution in [1.29, 1.82) is 0 Å². The standard InChI is InChI=1S/C68H44N2O2/c1-6-18-45(19-7-1)48-24-16-30-56(36-48)69(54-26-12-4-13-27-54)58-34-32-50-40-60-62-44-63-61-41-51-33-35-59(70(55-28-14-5-15-29-55)57-31-17-25-49(37-57)46-20-8-2-9-21-46)39-53(51)43-65(61)72-68(63)66(47-22-10-3-11-23-47)67(62)71-64(60)42-52(50)38-58/h1-44H. The average molecular weight is 921 g/mol. The zero-order valence-electron chi connectivity index (χ0n) is 39.1. The molecule has 0 bridgehead atoms. The number of fused-ring (bicyclic) bond motifs is 8. The van der Waals surface area contributed by atoms with Gasteiger partial charge in [0.1, 0.15) is 22.3 Å². The Morgan fingerprint density at radius 3 is 1.01 bits per heavy atom. The van der Waals surface area contributed by atoms with Gasteiger partial charge >= 0.3 is 0 Å². The van der Waals surface area contributed by atoms with Gasteiger partial charge in [-0.15, -0.1) is 0 Å². The molecule has 0 aliphatic heterocycles. The summed E-state index contributed by atoms with van der Waals surface area (Å²) in [6.45, 7) is 0. The van der Waals surface area contributed by atoms with Crippen LogP contribution < -0.4 is 9.80 Å².